The van der Waals surface area contributed by atoms with Crippen molar-refractivity contribution in [3.8, 4) is 0 Å². The third kappa shape index (κ3) is 2.90. The van der Waals surface area contributed by atoms with E-state index in [9.17, 15) is 9.18 Å². The van der Waals surface area contributed by atoms with Gasteiger partial charge in [-0.1, -0.05) is 23.7 Å². The summed E-state index contributed by atoms with van der Waals surface area (Å²) in [5.41, 5.74) is 1.79. The van der Waals surface area contributed by atoms with E-state index >= 15 is 0 Å². The van der Waals surface area contributed by atoms with Crippen LogP contribution in [0.1, 0.15) is 15.9 Å². The zero-order chi connectivity index (χ0) is 14.0. The fraction of sp³-hybridized carbons (Fsp3) is 0.143. The zero-order valence-electron chi connectivity index (χ0n) is 10.5. The number of hydrogen-bond donors (Lipinski definition) is 0. The van der Waals surface area contributed by atoms with Crippen LogP contribution in [-0.4, -0.2) is 17.9 Å². The van der Waals surface area contributed by atoms with Crippen LogP contribution in [0.25, 0.3) is 0 Å². The zero-order valence-corrected chi connectivity index (χ0v) is 11.3. The fourth-order valence-electron chi connectivity index (χ4n) is 1.71. The molecule has 19 heavy (non-hydrogen) atoms. The summed E-state index contributed by atoms with van der Waals surface area (Å²) < 4.78 is 13.1. The van der Waals surface area contributed by atoms with Crippen molar-refractivity contribution in [2.45, 2.75) is 6.92 Å². The van der Waals surface area contributed by atoms with E-state index in [0.717, 1.165) is 17.8 Å². The van der Waals surface area contributed by atoms with E-state index in [1.807, 2.05) is 25.1 Å². The Morgan fingerprint density at radius 3 is 2.79 bits per heavy atom. The SMILES string of the molecule is Cc1cccc(N(C)C(=O)c2cc(F)cnc2Cl)c1. The first-order valence-electron chi connectivity index (χ1n) is 5.65. The molecule has 0 aliphatic carbocycles. The van der Waals surface area contributed by atoms with Crippen molar-refractivity contribution in [2.75, 3.05) is 11.9 Å². The number of pyridine rings is 1. The standard InChI is InChI=1S/C14H12ClFN2O/c1-9-4-3-5-11(6-9)18(2)14(19)12-7-10(16)8-17-13(12)15/h3-8H,1-2H3. The largest absolute Gasteiger partial charge is 0.311 e. The van der Waals surface area contributed by atoms with Gasteiger partial charge in [0.05, 0.1) is 11.8 Å². The van der Waals surface area contributed by atoms with Crippen molar-refractivity contribution in [1.82, 2.24) is 4.98 Å². The van der Waals surface area contributed by atoms with E-state index in [-0.39, 0.29) is 10.7 Å². The lowest BCUT2D eigenvalue weighted by Gasteiger charge is -2.18. The van der Waals surface area contributed by atoms with Crippen LogP contribution < -0.4 is 4.90 Å². The molecule has 0 spiro atoms. The summed E-state index contributed by atoms with van der Waals surface area (Å²) in [6, 6.07) is 8.52. The summed E-state index contributed by atoms with van der Waals surface area (Å²) in [5.74, 6) is -0.993. The molecule has 0 saturated heterocycles. The quantitative estimate of drug-likeness (QED) is 0.788. The molecule has 2 aromatic rings. The molecule has 0 radical (unpaired) electrons. The molecule has 0 aliphatic rings. The van der Waals surface area contributed by atoms with Gasteiger partial charge in [0.15, 0.2) is 0 Å². The molecule has 0 N–H and O–H groups in total. The lowest BCUT2D eigenvalue weighted by molar-refractivity contribution is 0.0992. The summed E-state index contributed by atoms with van der Waals surface area (Å²) in [7, 11) is 1.61. The van der Waals surface area contributed by atoms with Crippen LogP contribution in [0, 0.1) is 12.7 Å². The van der Waals surface area contributed by atoms with Crippen molar-refractivity contribution in [3.63, 3.8) is 0 Å². The Balaban J connectivity index is 2.36. The predicted molar refractivity (Wildman–Crippen MR) is 73.1 cm³/mol. The summed E-state index contributed by atoms with van der Waals surface area (Å²) in [6.45, 7) is 1.93. The molecule has 1 aromatic carbocycles. The second kappa shape index (κ2) is 5.36. The molecule has 2 rings (SSSR count). The topological polar surface area (TPSA) is 33.2 Å². The number of carbonyl (C=O) groups excluding carboxylic acids is 1. The van der Waals surface area contributed by atoms with Crippen LogP contribution >= 0.6 is 11.6 Å². The number of rotatable bonds is 2. The second-order valence-electron chi connectivity index (χ2n) is 4.20. The molecule has 5 heteroatoms. The van der Waals surface area contributed by atoms with Gasteiger partial charge in [-0.3, -0.25) is 4.79 Å². The van der Waals surface area contributed by atoms with Crippen molar-refractivity contribution < 1.29 is 9.18 Å². The van der Waals surface area contributed by atoms with Gasteiger partial charge in [-0.15, -0.1) is 0 Å². The molecule has 1 amide bonds. The normalized spacial score (nSPS) is 10.3. The first-order valence-corrected chi connectivity index (χ1v) is 6.02. The van der Waals surface area contributed by atoms with Crippen LogP contribution in [-0.2, 0) is 0 Å². The highest BCUT2D eigenvalue weighted by molar-refractivity contribution is 6.33. The van der Waals surface area contributed by atoms with Crippen LogP contribution in [0.2, 0.25) is 5.15 Å². The van der Waals surface area contributed by atoms with Crippen LogP contribution in [0.5, 0.6) is 0 Å². The van der Waals surface area contributed by atoms with E-state index in [4.69, 9.17) is 11.6 Å². The highest BCUT2D eigenvalue weighted by Crippen LogP contribution is 2.20. The van der Waals surface area contributed by atoms with E-state index in [1.165, 1.54) is 4.90 Å². The van der Waals surface area contributed by atoms with Gasteiger partial charge >= 0.3 is 0 Å². The maximum Gasteiger partial charge on any atom is 0.261 e. The average molecular weight is 279 g/mol. The number of amides is 1. The Morgan fingerprint density at radius 1 is 1.37 bits per heavy atom. The molecular weight excluding hydrogens is 267 g/mol. The van der Waals surface area contributed by atoms with E-state index < -0.39 is 11.7 Å². The minimum absolute atomic E-state index is 0.00842. The number of nitrogens with zero attached hydrogens (tertiary/aromatic N) is 2. The number of benzene rings is 1. The molecule has 1 heterocycles. The third-order valence-electron chi connectivity index (χ3n) is 2.73. The number of anilines is 1. The smallest absolute Gasteiger partial charge is 0.261 e. The van der Waals surface area contributed by atoms with E-state index in [1.54, 1.807) is 13.1 Å². The van der Waals surface area contributed by atoms with Gasteiger partial charge in [0.2, 0.25) is 0 Å². The van der Waals surface area contributed by atoms with Crippen LogP contribution in [0.15, 0.2) is 36.5 Å². The van der Waals surface area contributed by atoms with Crippen molar-refractivity contribution in [1.29, 1.82) is 0 Å². The first-order chi connectivity index (χ1) is 8.99. The van der Waals surface area contributed by atoms with Crippen molar-refractivity contribution >= 4 is 23.2 Å². The van der Waals surface area contributed by atoms with Gasteiger partial charge < -0.3 is 4.90 Å². The van der Waals surface area contributed by atoms with Gasteiger partial charge in [0, 0.05) is 12.7 Å². The number of carbonyl (C=O) groups is 1. The molecule has 0 bridgehead atoms. The predicted octanol–water partition coefficient (Wildman–Crippen LogP) is 3.46. The highest BCUT2D eigenvalue weighted by atomic mass is 35.5. The maximum atomic E-state index is 13.1. The van der Waals surface area contributed by atoms with Gasteiger partial charge in [0.1, 0.15) is 11.0 Å². The molecule has 0 fully saturated rings. The highest BCUT2D eigenvalue weighted by Gasteiger charge is 2.18. The Hall–Kier alpha value is -1.94. The van der Waals surface area contributed by atoms with Gasteiger partial charge in [0.25, 0.3) is 5.91 Å². The average Bonchev–Trinajstić information content (AvgIpc) is 2.40. The molecule has 1 aromatic heterocycles. The minimum atomic E-state index is -0.592. The van der Waals surface area contributed by atoms with Crippen molar-refractivity contribution in [2.24, 2.45) is 0 Å². The summed E-state index contributed by atoms with van der Waals surface area (Å²) in [6.07, 6.45) is 0.978. The molecule has 3 nitrogen and oxygen atoms in total. The number of aryl methyl sites for hydroxylation is 1. The number of aromatic nitrogens is 1. The molecular formula is C14H12ClFN2O. The van der Waals surface area contributed by atoms with Gasteiger partial charge in [-0.05, 0) is 30.7 Å². The summed E-state index contributed by atoms with van der Waals surface area (Å²) >= 11 is 5.83. The Kier molecular flexibility index (Phi) is 3.81. The monoisotopic (exact) mass is 278 g/mol. The fourth-order valence-corrected chi connectivity index (χ4v) is 1.89. The summed E-state index contributed by atoms with van der Waals surface area (Å²) in [4.78, 5) is 17.3. The molecule has 0 saturated carbocycles. The maximum absolute atomic E-state index is 13.1. The lowest BCUT2D eigenvalue weighted by Crippen LogP contribution is -2.26. The van der Waals surface area contributed by atoms with Crippen LogP contribution in [0.4, 0.5) is 10.1 Å². The molecule has 0 unspecified atom stereocenters. The number of halogens is 2. The van der Waals surface area contributed by atoms with Crippen molar-refractivity contribution in [3.05, 3.63) is 58.6 Å². The number of hydrogen-bond acceptors (Lipinski definition) is 2. The minimum Gasteiger partial charge on any atom is -0.311 e. The Labute approximate surface area is 115 Å². The van der Waals surface area contributed by atoms with Gasteiger partial charge in [-0.25, -0.2) is 9.37 Å². The third-order valence-corrected chi connectivity index (χ3v) is 3.03. The second-order valence-corrected chi connectivity index (χ2v) is 4.55. The Bertz CT molecular complexity index is 631. The lowest BCUT2D eigenvalue weighted by atomic mass is 10.2. The first kappa shape index (κ1) is 13.5. The summed E-state index contributed by atoms with van der Waals surface area (Å²) in [5, 5.41) is -0.00842. The van der Waals surface area contributed by atoms with E-state index in [2.05, 4.69) is 4.98 Å². The molecule has 98 valence electrons. The van der Waals surface area contributed by atoms with Gasteiger partial charge in [-0.2, -0.15) is 0 Å². The van der Waals surface area contributed by atoms with E-state index in [0.29, 0.717) is 5.69 Å². The Morgan fingerprint density at radius 2 is 2.11 bits per heavy atom. The van der Waals surface area contributed by atoms with Crippen LogP contribution in [0.3, 0.4) is 0 Å². The molecule has 0 aliphatic heterocycles. The molecule has 0 atom stereocenters.